The molecule has 0 aliphatic heterocycles. The van der Waals surface area contributed by atoms with Crippen LogP contribution in [0.5, 0.6) is 0 Å². The van der Waals surface area contributed by atoms with E-state index in [4.69, 9.17) is 18.5 Å². The predicted molar refractivity (Wildman–Crippen MR) is 268 cm³/mol. The fraction of sp³-hybridized carbons (Fsp3) is 0.741. The molecule has 370 valence electrons. The minimum Gasteiger partial charge on any atom is -0.756 e. The van der Waals surface area contributed by atoms with Gasteiger partial charge in [-0.3, -0.25) is 14.2 Å². The molecule has 0 saturated carbocycles. The zero-order valence-corrected chi connectivity index (χ0v) is 42.6. The van der Waals surface area contributed by atoms with Crippen LogP contribution in [0.3, 0.4) is 0 Å². The molecule has 0 amide bonds. The van der Waals surface area contributed by atoms with Crippen LogP contribution >= 0.6 is 7.82 Å². The van der Waals surface area contributed by atoms with E-state index in [0.717, 1.165) is 70.6 Å². The lowest BCUT2D eigenvalue weighted by Crippen LogP contribution is -2.37. The second-order valence-electron chi connectivity index (χ2n) is 18.2. The van der Waals surface area contributed by atoms with Gasteiger partial charge in [-0.15, -0.1) is 0 Å². The average Bonchev–Trinajstić information content (AvgIpc) is 3.25. The van der Waals surface area contributed by atoms with E-state index in [-0.39, 0.29) is 26.1 Å². The molecule has 2 atom stereocenters. The van der Waals surface area contributed by atoms with Gasteiger partial charge in [0.1, 0.15) is 19.8 Å². The number of quaternary nitrogens is 1. The van der Waals surface area contributed by atoms with Crippen molar-refractivity contribution in [3.05, 3.63) is 72.9 Å². The average molecular weight is 918 g/mol. The van der Waals surface area contributed by atoms with Gasteiger partial charge in [-0.2, -0.15) is 0 Å². The Labute approximate surface area is 393 Å². The molecule has 0 aromatic carbocycles. The number of hydrogen-bond donors (Lipinski definition) is 0. The Morgan fingerprint density at radius 1 is 0.500 bits per heavy atom. The number of allylic oxidation sites excluding steroid dienone is 12. The highest BCUT2D eigenvalue weighted by molar-refractivity contribution is 7.45. The first-order valence-corrected chi connectivity index (χ1v) is 27.1. The third kappa shape index (κ3) is 48.9. The molecule has 0 aromatic rings. The van der Waals surface area contributed by atoms with Crippen LogP contribution < -0.4 is 4.89 Å². The van der Waals surface area contributed by atoms with Gasteiger partial charge in [0, 0.05) is 12.8 Å². The van der Waals surface area contributed by atoms with Crippen LogP contribution in [0.15, 0.2) is 72.9 Å². The number of nitrogens with zero attached hydrogens (tertiary/aromatic N) is 1. The van der Waals surface area contributed by atoms with Gasteiger partial charge in [-0.1, -0.05) is 202 Å². The minimum absolute atomic E-state index is 0.0417. The first-order chi connectivity index (χ1) is 31.0. The van der Waals surface area contributed by atoms with Crippen molar-refractivity contribution >= 4 is 19.8 Å². The lowest BCUT2D eigenvalue weighted by molar-refractivity contribution is -0.870. The Balaban J connectivity index is 4.34. The van der Waals surface area contributed by atoms with Gasteiger partial charge < -0.3 is 27.9 Å². The van der Waals surface area contributed by atoms with Crippen LogP contribution in [0.2, 0.25) is 0 Å². The Kier molecular flexibility index (Phi) is 43.8. The zero-order chi connectivity index (χ0) is 47.1. The van der Waals surface area contributed by atoms with Crippen molar-refractivity contribution in [3.63, 3.8) is 0 Å². The van der Waals surface area contributed by atoms with E-state index >= 15 is 0 Å². The van der Waals surface area contributed by atoms with Crippen LogP contribution in [-0.4, -0.2) is 70.0 Å². The standard InChI is InChI=1S/C54H96NO8P/c1-6-8-10-12-14-16-18-20-22-24-26-27-29-31-33-35-37-39-41-43-45-47-54(57)63-52(51-62-64(58,59)61-49-48-55(3,4)5)50-60-53(56)46-44-42-40-38-36-34-32-30-28-25-23-21-19-17-15-13-11-9-7-2/h8,10,14,16,20,22,26-27,31,33,37,39,52H,6-7,9,11-13,15,17-19,21,23-25,28-30,32,34-36,38,40-51H2,1-5H3/b10-8-,16-14-,22-20-,27-26-,33-31-,39-37-. The molecule has 0 aliphatic rings. The highest BCUT2D eigenvalue weighted by atomic mass is 31.2. The molecule has 0 saturated heterocycles. The largest absolute Gasteiger partial charge is 0.756 e. The molecular formula is C54H96NO8P. The molecule has 10 heteroatoms. The molecule has 0 heterocycles. The number of carbonyl (C=O) groups excluding carboxylic acids is 2. The number of carbonyl (C=O) groups is 2. The predicted octanol–water partition coefficient (Wildman–Crippen LogP) is 14.7. The molecule has 9 nitrogen and oxygen atoms in total. The van der Waals surface area contributed by atoms with Gasteiger partial charge in [-0.25, -0.2) is 0 Å². The van der Waals surface area contributed by atoms with Crippen LogP contribution in [0.4, 0.5) is 0 Å². The van der Waals surface area contributed by atoms with E-state index < -0.39 is 32.5 Å². The van der Waals surface area contributed by atoms with Crippen LogP contribution in [0, 0.1) is 0 Å². The van der Waals surface area contributed by atoms with Crippen molar-refractivity contribution < 1.29 is 42.1 Å². The molecule has 0 spiro atoms. The Morgan fingerprint density at radius 2 is 0.891 bits per heavy atom. The summed E-state index contributed by atoms with van der Waals surface area (Å²) in [6.07, 6.45) is 57.9. The lowest BCUT2D eigenvalue weighted by atomic mass is 10.0. The molecule has 0 aliphatic carbocycles. The molecule has 0 N–H and O–H groups in total. The third-order valence-corrected chi connectivity index (χ3v) is 11.7. The quantitative estimate of drug-likeness (QED) is 0.0195. The molecule has 64 heavy (non-hydrogen) atoms. The van der Waals surface area contributed by atoms with E-state index in [9.17, 15) is 19.0 Å². The maximum absolute atomic E-state index is 12.7. The van der Waals surface area contributed by atoms with E-state index in [0.29, 0.717) is 17.4 Å². The minimum atomic E-state index is -4.65. The summed E-state index contributed by atoms with van der Waals surface area (Å²) in [5.74, 6) is -0.883. The normalized spacial score (nSPS) is 14.0. The Hall–Kier alpha value is -2.55. The molecular weight excluding hydrogens is 822 g/mol. The zero-order valence-electron chi connectivity index (χ0n) is 41.7. The summed E-state index contributed by atoms with van der Waals surface area (Å²) < 4.78 is 34.0. The SMILES string of the molecule is CC/C=C\C/C=C\C/C=C\C/C=C\C/C=C\C/C=C\CCCCC(=O)OC(COC(=O)CCCCCCCCCCCCCCCCCCCCC)COP(=O)([O-])OCC[N+](C)(C)C. The number of hydrogen-bond acceptors (Lipinski definition) is 8. The molecule has 0 fully saturated rings. The summed E-state index contributed by atoms with van der Waals surface area (Å²) in [4.78, 5) is 37.7. The topological polar surface area (TPSA) is 111 Å². The second kappa shape index (κ2) is 45.6. The number of rotatable bonds is 46. The summed E-state index contributed by atoms with van der Waals surface area (Å²) in [6, 6.07) is 0. The molecule has 0 rings (SSSR count). The summed E-state index contributed by atoms with van der Waals surface area (Å²) in [5.41, 5.74) is 0. The van der Waals surface area contributed by atoms with Crippen molar-refractivity contribution in [1.29, 1.82) is 0 Å². The summed E-state index contributed by atoms with van der Waals surface area (Å²) >= 11 is 0. The lowest BCUT2D eigenvalue weighted by Gasteiger charge is -2.28. The third-order valence-electron chi connectivity index (χ3n) is 10.7. The monoisotopic (exact) mass is 918 g/mol. The maximum atomic E-state index is 12.7. The van der Waals surface area contributed by atoms with Gasteiger partial charge >= 0.3 is 11.9 Å². The Bertz CT molecular complexity index is 1310. The molecule has 0 radical (unpaired) electrons. The van der Waals surface area contributed by atoms with Crippen LogP contribution in [0.1, 0.15) is 206 Å². The van der Waals surface area contributed by atoms with Gasteiger partial charge in [0.2, 0.25) is 0 Å². The second-order valence-corrected chi connectivity index (χ2v) is 19.6. The van der Waals surface area contributed by atoms with Crippen molar-refractivity contribution in [2.24, 2.45) is 0 Å². The summed E-state index contributed by atoms with van der Waals surface area (Å²) in [5, 5.41) is 0. The first-order valence-electron chi connectivity index (χ1n) is 25.6. The number of phosphoric acid groups is 1. The van der Waals surface area contributed by atoms with E-state index in [1.807, 2.05) is 21.1 Å². The first kappa shape index (κ1) is 61.5. The number of esters is 2. The number of likely N-dealkylation sites (N-methyl/N-ethyl adjacent to an activating group) is 1. The van der Waals surface area contributed by atoms with Crippen molar-refractivity contribution in [3.8, 4) is 0 Å². The van der Waals surface area contributed by atoms with Crippen molar-refractivity contribution in [1.82, 2.24) is 0 Å². The van der Waals surface area contributed by atoms with Crippen LogP contribution in [-0.2, 0) is 32.7 Å². The van der Waals surface area contributed by atoms with E-state index in [1.165, 1.54) is 103 Å². The number of ether oxygens (including phenoxy) is 2. The smallest absolute Gasteiger partial charge is 0.306 e. The Morgan fingerprint density at radius 3 is 1.33 bits per heavy atom. The molecule has 2 unspecified atom stereocenters. The molecule has 0 bridgehead atoms. The van der Waals surface area contributed by atoms with Crippen molar-refractivity contribution in [2.75, 3.05) is 47.5 Å². The number of phosphoric ester groups is 1. The maximum Gasteiger partial charge on any atom is 0.306 e. The van der Waals surface area contributed by atoms with Gasteiger partial charge in [-0.05, 0) is 64.2 Å². The van der Waals surface area contributed by atoms with E-state index in [1.54, 1.807) is 0 Å². The molecule has 0 aromatic heterocycles. The highest BCUT2D eigenvalue weighted by Gasteiger charge is 2.21. The van der Waals surface area contributed by atoms with Crippen LogP contribution in [0.25, 0.3) is 0 Å². The summed E-state index contributed by atoms with van der Waals surface area (Å²) in [7, 11) is 1.13. The highest BCUT2D eigenvalue weighted by Crippen LogP contribution is 2.38. The summed E-state index contributed by atoms with van der Waals surface area (Å²) in [6.45, 7) is 4.08. The number of unbranched alkanes of at least 4 members (excludes halogenated alkanes) is 20. The fourth-order valence-electron chi connectivity index (χ4n) is 6.78. The van der Waals surface area contributed by atoms with Gasteiger partial charge in [0.25, 0.3) is 7.82 Å². The van der Waals surface area contributed by atoms with Gasteiger partial charge in [0.05, 0.1) is 27.7 Å². The van der Waals surface area contributed by atoms with Gasteiger partial charge in [0.15, 0.2) is 6.10 Å². The van der Waals surface area contributed by atoms with Crippen molar-refractivity contribution in [2.45, 2.75) is 213 Å². The fourth-order valence-corrected chi connectivity index (χ4v) is 7.50. The van der Waals surface area contributed by atoms with E-state index in [2.05, 4.69) is 86.8 Å².